The summed E-state index contributed by atoms with van der Waals surface area (Å²) in [7, 11) is 1.67. The van der Waals surface area contributed by atoms with Crippen molar-refractivity contribution in [3.8, 4) is 5.75 Å². The molecule has 1 aromatic carbocycles. The van der Waals surface area contributed by atoms with E-state index >= 15 is 0 Å². The second-order valence-electron chi connectivity index (χ2n) is 5.89. The van der Waals surface area contributed by atoms with Gasteiger partial charge in [-0.25, -0.2) is 0 Å². The summed E-state index contributed by atoms with van der Waals surface area (Å²) in [6, 6.07) is 3.24. The lowest BCUT2D eigenvalue weighted by molar-refractivity contribution is -0.153. The lowest BCUT2D eigenvalue weighted by atomic mass is 10.0. The number of rotatable bonds is 6. The number of aryl methyl sites for hydroxylation is 2. The average Bonchev–Trinajstić information content (AvgIpc) is 2.35. The first-order valence-corrected chi connectivity index (χ1v) is 7.29. The highest BCUT2D eigenvalue weighted by Gasteiger charge is 2.29. The van der Waals surface area contributed by atoms with E-state index in [2.05, 4.69) is 0 Å². The molecule has 0 spiro atoms. The second kappa shape index (κ2) is 7.68. The monoisotopic (exact) mass is 332 g/mol. The summed E-state index contributed by atoms with van der Waals surface area (Å²) in [5.74, 6) is 0.156. The molecule has 0 heterocycles. The van der Waals surface area contributed by atoms with E-state index < -0.39 is 12.8 Å². The maximum atomic E-state index is 12.3. The summed E-state index contributed by atoms with van der Waals surface area (Å²) in [5, 5.41) is 0. The van der Waals surface area contributed by atoms with Gasteiger partial charge in [-0.2, -0.15) is 13.2 Å². The van der Waals surface area contributed by atoms with E-state index in [9.17, 15) is 18.0 Å². The smallest absolute Gasteiger partial charge is 0.422 e. The van der Waals surface area contributed by atoms with Crippen molar-refractivity contribution in [2.24, 2.45) is 5.73 Å². The Morgan fingerprint density at radius 2 is 1.83 bits per heavy atom. The van der Waals surface area contributed by atoms with E-state index in [4.69, 9.17) is 10.5 Å². The standard InChI is InChI=1S/C16H23F3N2O2/c1-10-5-13(8-21(4)14(22)7-12(3)20)6-11(2)15(10)23-9-16(17,18)19/h5-6,12H,7-9,20H2,1-4H3. The molecule has 7 heteroatoms. The molecule has 0 aliphatic heterocycles. The van der Waals surface area contributed by atoms with E-state index in [0.717, 1.165) is 5.56 Å². The highest BCUT2D eigenvalue weighted by molar-refractivity contribution is 5.76. The molecule has 23 heavy (non-hydrogen) atoms. The summed E-state index contributed by atoms with van der Waals surface area (Å²) in [6.45, 7) is 4.18. The van der Waals surface area contributed by atoms with Gasteiger partial charge in [0.05, 0.1) is 0 Å². The Morgan fingerprint density at radius 3 is 2.26 bits per heavy atom. The van der Waals surface area contributed by atoms with E-state index in [0.29, 0.717) is 17.7 Å². The van der Waals surface area contributed by atoms with Gasteiger partial charge in [-0.15, -0.1) is 0 Å². The Morgan fingerprint density at radius 1 is 1.30 bits per heavy atom. The number of amides is 1. The first-order chi connectivity index (χ1) is 10.5. The van der Waals surface area contributed by atoms with Crippen LogP contribution in [0.5, 0.6) is 5.75 Å². The highest BCUT2D eigenvalue weighted by Crippen LogP contribution is 2.27. The minimum Gasteiger partial charge on any atom is -0.484 e. The molecule has 0 radical (unpaired) electrons. The molecule has 1 rings (SSSR count). The third-order valence-corrected chi connectivity index (χ3v) is 3.24. The SMILES string of the molecule is Cc1cc(CN(C)C(=O)CC(C)N)cc(C)c1OCC(F)(F)F. The fourth-order valence-corrected chi connectivity index (χ4v) is 2.31. The van der Waals surface area contributed by atoms with Gasteiger partial charge >= 0.3 is 6.18 Å². The van der Waals surface area contributed by atoms with Crippen LogP contribution in [0.25, 0.3) is 0 Å². The van der Waals surface area contributed by atoms with Crippen LogP contribution in [-0.4, -0.2) is 36.7 Å². The van der Waals surface area contributed by atoms with Crippen molar-refractivity contribution in [1.29, 1.82) is 0 Å². The molecule has 2 N–H and O–H groups in total. The van der Waals surface area contributed by atoms with Crippen LogP contribution in [0, 0.1) is 13.8 Å². The van der Waals surface area contributed by atoms with Gasteiger partial charge in [-0.05, 0) is 37.5 Å². The molecule has 0 fully saturated rings. The molecule has 0 aromatic heterocycles. The number of alkyl halides is 3. The summed E-state index contributed by atoms with van der Waals surface area (Å²) >= 11 is 0. The number of halogens is 3. The first-order valence-electron chi connectivity index (χ1n) is 7.29. The van der Waals surface area contributed by atoms with Crippen LogP contribution in [0.4, 0.5) is 13.2 Å². The molecule has 130 valence electrons. The average molecular weight is 332 g/mol. The molecule has 0 aliphatic carbocycles. The number of carbonyl (C=O) groups is 1. The van der Waals surface area contributed by atoms with E-state index in [1.165, 1.54) is 0 Å². The predicted molar refractivity (Wildman–Crippen MR) is 82.2 cm³/mol. The van der Waals surface area contributed by atoms with Crippen LogP contribution in [0.3, 0.4) is 0 Å². The lowest BCUT2D eigenvalue weighted by Gasteiger charge is -2.20. The van der Waals surface area contributed by atoms with Crippen molar-refractivity contribution in [1.82, 2.24) is 4.90 Å². The number of benzene rings is 1. The Labute approximate surface area is 134 Å². The van der Waals surface area contributed by atoms with E-state index in [-0.39, 0.29) is 24.1 Å². The Balaban J connectivity index is 2.82. The highest BCUT2D eigenvalue weighted by atomic mass is 19.4. The number of carbonyl (C=O) groups excluding carboxylic acids is 1. The van der Waals surface area contributed by atoms with Crippen molar-refractivity contribution in [2.75, 3.05) is 13.7 Å². The lowest BCUT2D eigenvalue weighted by Crippen LogP contribution is -2.31. The molecule has 1 amide bonds. The van der Waals surface area contributed by atoms with Gasteiger partial charge in [0.25, 0.3) is 0 Å². The third-order valence-electron chi connectivity index (χ3n) is 3.24. The van der Waals surface area contributed by atoms with Gasteiger partial charge in [-0.1, -0.05) is 12.1 Å². The molecule has 0 bridgehead atoms. The molecule has 1 atom stereocenters. The van der Waals surface area contributed by atoms with Crippen molar-refractivity contribution in [3.05, 3.63) is 28.8 Å². The van der Waals surface area contributed by atoms with Crippen LogP contribution < -0.4 is 10.5 Å². The number of nitrogens with two attached hydrogens (primary N) is 1. The molecule has 0 saturated carbocycles. The van der Waals surface area contributed by atoms with E-state index in [1.54, 1.807) is 44.9 Å². The second-order valence-corrected chi connectivity index (χ2v) is 5.89. The zero-order chi connectivity index (χ0) is 17.8. The van der Waals surface area contributed by atoms with Crippen molar-refractivity contribution < 1.29 is 22.7 Å². The number of hydrogen-bond donors (Lipinski definition) is 1. The molecular weight excluding hydrogens is 309 g/mol. The van der Waals surface area contributed by atoms with Gasteiger partial charge < -0.3 is 15.4 Å². The zero-order valence-corrected chi connectivity index (χ0v) is 13.8. The molecule has 1 aromatic rings. The largest absolute Gasteiger partial charge is 0.484 e. The Hall–Kier alpha value is -1.76. The molecular formula is C16H23F3N2O2. The summed E-state index contributed by atoms with van der Waals surface area (Å²) < 4.78 is 41.7. The van der Waals surface area contributed by atoms with Gasteiger partial charge in [0, 0.05) is 26.1 Å². The maximum absolute atomic E-state index is 12.3. The molecule has 4 nitrogen and oxygen atoms in total. The maximum Gasteiger partial charge on any atom is 0.422 e. The van der Waals surface area contributed by atoms with Gasteiger partial charge in [0.15, 0.2) is 6.61 Å². The fourth-order valence-electron chi connectivity index (χ4n) is 2.31. The number of nitrogens with zero attached hydrogens (tertiary/aromatic N) is 1. The topological polar surface area (TPSA) is 55.6 Å². The van der Waals surface area contributed by atoms with Crippen molar-refractivity contribution in [2.45, 2.75) is 46.0 Å². The van der Waals surface area contributed by atoms with Gasteiger partial charge in [0.2, 0.25) is 5.91 Å². The Kier molecular flexibility index (Phi) is 6.44. The zero-order valence-electron chi connectivity index (χ0n) is 13.8. The number of hydrogen-bond acceptors (Lipinski definition) is 3. The van der Waals surface area contributed by atoms with Crippen LogP contribution in [-0.2, 0) is 11.3 Å². The quantitative estimate of drug-likeness (QED) is 0.871. The third kappa shape index (κ3) is 6.48. The summed E-state index contributed by atoms with van der Waals surface area (Å²) in [5.41, 5.74) is 7.66. The molecule has 0 aliphatic rings. The van der Waals surface area contributed by atoms with Crippen LogP contribution >= 0.6 is 0 Å². The predicted octanol–water partition coefficient (Wildman–Crippen LogP) is 2.94. The van der Waals surface area contributed by atoms with Crippen LogP contribution in [0.15, 0.2) is 12.1 Å². The minimum atomic E-state index is -4.37. The normalized spacial score (nSPS) is 12.9. The van der Waals surface area contributed by atoms with Crippen LogP contribution in [0.2, 0.25) is 0 Å². The molecule has 0 saturated heterocycles. The summed E-state index contributed by atoms with van der Waals surface area (Å²) in [4.78, 5) is 13.5. The van der Waals surface area contributed by atoms with Crippen LogP contribution in [0.1, 0.15) is 30.0 Å². The summed E-state index contributed by atoms with van der Waals surface area (Å²) in [6.07, 6.45) is -4.12. The van der Waals surface area contributed by atoms with Gasteiger partial charge in [0.1, 0.15) is 5.75 Å². The van der Waals surface area contributed by atoms with E-state index in [1.807, 2.05) is 0 Å². The minimum absolute atomic E-state index is 0.0762. The van der Waals surface area contributed by atoms with Crippen molar-refractivity contribution >= 4 is 5.91 Å². The Bertz CT molecular complexity index is 534. The molecule has 1 unspecified atom stereocenters. The first kappa shape index (κ1) is 19.3. The fraction of sp³-hybridized carbons (Fsp3) is 0.562. The number of ether oxygens (including phenoxy) is 1. The van der Waals surface area contributed by atoms with Gasteiger partial charge in [-0.3, -0.25) is 4.79 Å². The van der Waals surface area contributed by atoms with Crippen molar-refractivity contribution in [3.63, 3.8) is 0 Å².